The topological polar surface area (TPSA) is 58.6 Å². The lowest BCUT2D eigenvalue weighted by molar-refractivity contribution is -0.870. The molecule has 0 bridgehead atoms. The third-order valence-corrected chi connectivity index (χ3v) is 5.41. The second-order valence-electron chi connectivity index (χ2n) is 8.36. The van der Waals surface area contributed by atoms with Gasteiger partial charge in [0.25, 0.3) is 7.82 Å². The van der Waals surface area contributed by atoms with Crippen LogP contribution in [-0.4, -0.2) is 45.4 Å². The molecule has 0 aliphatic carbocycles. The predicted octanol–water partition coefficient (Wildman–Crippen LogP) is 5.45. The molecule has 0 N–H and O–H groups in total. The number of phosphoric acid groups is 1. The van der Waals surface area contributed by atoms with Gasteiger partial charge in [-0.25, -0.2) is 0 Å². The zero-order chi connectivity index (χ0) is 20.4. The maximum atomic E-state index is 11.6. The maximum Gasteiger partial charge on any atom is 0.268 e. The molecule has 0 spiro atoms. The quantitative estimate of drug-likeness (QED) is 0.124. The van der Waals surface area contributed by atoms with E-state index < -0.39 is 7.82 Å². The van der Waals surface area contributed by atoms with Crippen LogP contribution in [0.1, 0.15) is 84.0 Å². The molecule has 0 aliphatic rings. The number of allylic oxidation sites excluding steroid dienone is 2. The first-order chi connectivity index (χ1) is 12.8. The monoisotopic (exact) mass is 405 g/mol. The van der Waals surface area contributed by atoms with Crippen LogP contribution < -0.4 is 4.89 Å². The molecular formula is C21H44NO4P. The zero-order valence-corrected chi connectivity index (χ0v) is 19.2. The molecule has 0 heterocycles. The van der Waals surface area contributed by atoms with Crippen LogP contribution in [0.25, 0.3) is 0 Å². The molecule has 0 aromatic heterocycles. The average Bonchev–Trinajstić information content (AvgIpc) is 2.57. The summed E-state index contributed by atoms with van der Waals surface area (Å²) in [5, 5.41) is 0. The van der Waals surface area contributed by atoms with Crippen LogP contribution in [0.3, 0.4) is 0 Å². The number of hydrogen-bond acceptors (Lipinski definition) is 4. The normalized spacial score (nSPS) is 14.7. The smallest absolute Gasteiger partial charge is 0.268 e. The van der Waals surface area contributed by atoms with Gasteiger partial charge in [0.1, 0.15) is 13.2 Å². The van der Waals surface area contributed by atoms with E-state index in [4.69, 9.17) is 9.05 Å². The van der Waals surface area contributed by atoms with Crippen molar-refractivity contribution in [2.75, 3.05) is 40.9 Å². The van der Waals surface area contributed by atoms with Gasteiger partial charge < -0.3 is 18.4 Å². The van der Waals surface area contributed by atoms with Crippen LogP contribution in [-0.2, 0) is 13.6 Å². The number of rotatable bonds is 19. The lowest BCUT2D eigenvalue weighted by atomic mass is 10.1. The Labute approximate surface area is 168 Å². The Morgan fingerprint density at radius 3 is 1.81 bits per heavy atom. The summed E-state index contributed by atoms with van der Waals surface area (Å²) in [7, 11) is 1.84. The predicted molar refractivity (Wildman–Crippen MR) is 113 cm³/mol. The van der Waals surface area contributed by atoms with E-state index in [1.54, 1.807) is 0 Å². The summed E-state index contributed by atoms with van der Waals surface area (Å²) >= 11 is 0. The Bertz CT molecular complexity index is 407. The van der Waals surface area contributed by atoms with Gasteiger partial charge in [-0.2, -0.15) is 0 Å². The minimum absolute atomic E-state index is 0.165. The van der Waals surface area contributed by atoms with Crippen LogP contribution in [0.4, 0.5) is 0 Å². The second-order valence-corrected chi connectivity index (χ2v) is 9.77. The lowest BCUT2D eigenvalue weighted by Gasteiger charge is -2.27. The maximum absolute atomic E-state index is 11.6. The molecule has 1 unspecified atom stereocenters. The summed E-state index contributed by atoms with van der Waals surface area (Å²) in [6, 6.07) is 0. The Morgan fingerprint density at radius 1 is 0.778 bits per heavy atom. The van der Waals surface area contributed by atoms with Gasteiger partial charge in [-0.3, -0.25) is 4.57 Å². The number of likely N-dealkylation sites (N-methyl/N-ethyl adjacent to an activating group) is 1. The molecule has 27 heavy (non-hydrogen) atoms. The number of phosphoric ester groups is 1. The molecule has 0 aliphatic heterocycles. The van der Waals surface area contributed by atoms with Gasteiger partial charge in [0, 0.05) is 0 Å². The van der Waals surface area contributed by atoms with E-state index in [-0.39, 0.29) is 13.2 Å². The van der Waals surface area contributed by atoms with Crippen molar-refractivity contribution in [3.8, 4) is 0 Å². The van der Waals surface area contributed by atoms with Crippen molar-refractivity contribution >= 4 is 7.82 Å². The minimum Gasteiger partial charge on any atom is -0.756 e. The molecule has 0 fully saturated rings. The van der Waals surface area contributed by atoms with Crippen LogP contribution in [0.2, 0.25) is 0 Å². The van der Waals surface area contributed by atoms with Crippen molar-refractivity contribution in [3.63, 3.8) is 0 Å². The average molecular weight is 406 g/mol. The molecule has 0 saturated heterocycles. The molecule has 5 nitrogen and oxygen atoms in total. The van der Waals surface area contributed by atoms with Gasteiger partial charge in [-0.15, -0.1) is 0 Å². The molecule has 0 radical (unpaired) electrons. The van der Waals surface area contributed by atoms with Gasteiger partial charge in [0.15, 0.2) is 0 Å². The van der Waals surface area contributed by atoms with E-state index in [1.165, 1.54) is 57.8 Å². The van der Waals surface area contributed by atoms with Gasteiger partial charge >= 0.3 is 0 Å². The van der Waals surface area contributed by atoms with E-state index in [1.807, 2.05) is 21.1 Å². The molecule has 0 aromatic carbocycles. The highest BCUT2D eigenvalue weighted by molar-refractivity contribution is 7.45. The third kappa shape index (κ3) is 22.0. The summed E-state index contributed by atoms with van der Waals surface area (Å²) in [4.78, 5) is 11.6. The SMILES string of the molecule is CCCC/C=C\CCCCCCCCCCOP(=O)([O-])OCC[N+](C)(C)C. The summed E-state index contributed by atoms with van der Waals surface area (Å²) in [6.45, 7) is 3.26. The number of quaternary nitrogens is 1. The van der Waals surface area contributed by atoms with Crippen molar-refractivity contribution in [2.24, 2.45) is 0 Å². The first-order valence-electron chi connectivity index (χ1n) is 10.8. The first kappa shape index (κ1) is 26.8. The molecule has 6 heteroatoms. The Balaban J connectivity index is 3.37. The van der Waals surface area contributed by atoms with E-state index in [9.17, 15) is 9.46 Å². The van der Waals surface area contributed by atoms with Crippen molar-refractivity contribution in [1.29, 1.82) is 0 Å². The molecular weight excluding hydrogens is 361 g/mol. The Kier molecular flexibility index (Phi) is 16.6. The summed E-state index contributed by atoms with van der Waals surface area (Å²) < 4.78 is 22.1. The number of unbranched alkanes of at least 4 members (excludes halogenated alkanes) is 10. The van der Waals surface area contributed by atoms with Gasteiger partial charge in [0.2, 0.25) is 0 Å². The van der Waals surface area contributed by atoms with Crippen LogP contribution in [0.5, 0.6) is 0 Å². The molecule has 1 atom stereocenters. The van der Waals surface area contributed by atoms with E-state index in [0.29, 0.717) is 11.0 Å². The summed E-state index contributed by atoms with van der Waals surface area (Å²) in [5.41, 5.74) is 0. The van der Waals surface area contributed by atoms with Crippen LogP contribution >= 0.6 is 7.82 Å². The largest absolute Gasteiger partial charge is 0.756 e. The van der Waals surface area contributed by atoms with Crippen LogP contribution in [0, 0.1) is 0 Å². The zero-order valence-electron chi connectivity index (χ0n) is 18.3. The van der Waals surface area contributed by atoms with Crippen LogP contribution in [0.15, 0.2) is 12.2 Å². The molecule has 0 saturated carbocycles. The minimum atomic E-state index is -4.13. The van der Waals surface area contributed by atoms with Gasteiger partial charge in [-0.05, 0) is 25.7 Å². The number of hydrogen-bond donors (Lipinski definition) is 0. The second kappa shape index (κ2) is 16.7. The lowest BCUT2D eigenvalue weighted by Crippen LogP contribution is -2.37. The van der Waals surface area contributed by atoms with E-state index in [2.05, 4.69) is 19.1 Å². The highest BCUT2D eigenvalue weighted by Gasteiger charge is 2.12. The van der Waals surface area contributed by atoms with E-state index >= 15 is 0 Å². The molecule has 0 rings (SSSR count). The van der Waals surface area contributed by atoms with Gasteiger partial charge in [0.05, 0.1) is 27.7 Å². The fourth-order valence-electron chi connectivity index (χ4n) is 2.62. The van der Waals surface area contributed by atoms with Crippen molar-refractivity contribution in [3.05, 3.63) is 12.2 Å². The highest BCUT2D eigenvalue weighted by Crippen LogP contribution is 2.38. The molecule has 162 valence electrons. The van der Waals surface area contributed by atoms with E-state index in [0.717, 1.165) is 19.3 Å². The van der Waals surface area contributed by atoms with Crippen molar-refractivity contribution in [2.45, 2.75) is 84.0 Å². The summed E-state index contributed by atoms with van der Waals surface area (Å²) in [5.74, 6) is 0. The van der Waals surface area contributed by atoms with Crippen molar-refractivity contribution < 1.29 is 23.0 Å². The fourth-order valence-corrected chi connectivity index (χ4v) is 3.36. The molecule has 0 amide bonds. The Morgan fingerprint density at radius 2 is 1.26 bits per heavy atom. The summed E-state index contributed by atoms with van der Waals surface area (Å²) in [6.07, 6.45) is 19.0. The highest BCUT2D eigenvalue weighted by atomic mass is 31.2. The van der Waals surface area contributed by atoms with Gasteiger partial charge in [-0.1, -0.05) is 70.4 Å². The standard InChI is InChI=1S/C21H44NO4P/c1-5-6-7-8-9-10-11-12-13-14-15-16-17-18-20-25-27(23,24)26-21-19-22(2,3)4/h8-9H,5-7,10-21H2,1-4H3/b9-8-. The third-order valence-electron chi connectivity index (χ3n) is 4.42. The Hall–Kier alpha value is -0.190. The fraction of sp³-hybridized carbons (Fsp3) is 0.905. The number of nitrogens with zero attached hydrogens (tertiary/aromatic N) is 1. The molecule has 0 aromatic rings. The van der Waals surface area contributed by atoms with Crippen molar-refractivity contribution in [1.82, 2.24) is 0 Å². The first-order valence-corrected chi connectivity index (χ1v) is 12.3.